The standard InChI is InChI=1S/C11H23N3O2/c1-13-11(15)10-4-2-3-6-14(10)7-9-16-8-5-12/h10H,2-9,12H2,1H3,(H,13,15). The Morgan fingerprint density at radius 2 is 2.31 bits per heavy atom. The molecule has 16 heavy (non-hydrogen) atoms. The summed E-state index contributed by atoms with van der Waals surface area (Å²) < 4.78 is 5.35. The predicted octanol–water partition coefficient (Wildman–Crippen LogP) is -0.438. The van der Waals surface area contributed by atoms with E-state index in [2.05, 4.69) is 10.2 Å². The van der Waals surface area contributed by atoms with Gasteiger partial charge in [0.1, 0.15) is 0 Å². The topological polar surface area (TPSA) is 67.6 Å². The fraction of sp³-hybridized carbons (Fsp3) is 0.909. The summed E-state index contributed by atoms with van der Waals surface area (Å²) in [6.07, 6.45) is 3.26. The highest BCUT2D eigenvalue weighted by Crippen LogP contribution is 2.16. The van der Waals surface area contributed by atoms with Crippen molar-refractivity contribution in [3.8, 4) is 0 Å². The van der Waals surface area contributed by atoms with E-state index in [-0.39, 0.29) is 11.9 Å². The Hall–Kier alpha value is -0.650. The number of ether oxygens (including phenoxy) is 1. The summed E-state index contributed by atoms with van der Waals surface area (Å²) >= 11 is 0. The monoisotopic (exact) mass is 229 g/mol. The van der Waals surface area contributed by atoms with Crippen LogP contribution in [0.1, 0.15) is 19.3 Å². The van der Waals surface area contributed by atoms with Gasteiger partial charge in [0, 0.05) is 20.1 Å². The summed E-state index contributed by atoms with van der Waals surface area (Å²) in [6, 6.07) is 0.0280. The van der Waals surface area contributed by atoms with Gasteiger partial charge >= 0.3 is 0 Å². The second-order valence-corrected chi connectivity index (χ2v) is 4.06. The third kappa shape index (κ3) is 4.08. The Kier molecular flexibility index (Phi) is 6.37. The van der Waals surface area contributed by atoms with Crippen molar-refractivity contribution < 1.29 is 9.53 Å². The Bertz CT molecular complexity index is 211. The van der Waals surface area contributed by atoms with Gasteiger partial charge < -0.3 is 15.8 Å². The number of likely N-dealkylation sites (N-methyl/N-ethyl adjacent to an activating group) is 1. The molecule has 1 aliphatic rings. The van der Waals surface area contributed by atoms with E-state index in [1.54, 1.807) is 7.05 Å². The molecule has 0 spiro atoms. The van der Waals surface area contributed by atoms with Crippen LogP contribution in [-0.4, -0.2) is 56.7 Å². The summed E-state index contributed by atoms with van der Waals surface area (Å²) in [5.74, 6) is 0.124. The van der Waals surface area contributed by atoms with Crippen LogP contribution in [-0.2, 0) is 9.53 Å². The van der Waals surface area contributed by atoms with E-state index in [1.165, 1.54) is 6.42 Å². The Morgan fingerprint density at radius 1 is 1.50 bits per heavy atom. The summed E-state index contributed by atoms with van der Waals surface area (Å²) in [5.41, 5.74) is 5.34. The van der Waals surface area contributed by atoms with Gasteiger partial charge in [-0.1, -0.05) is 6.42 Å². The van der Waals surface area contributed by atoms with Crippen LogP contribution in [0.4, 0.5) is 0 Å². The highest BCUT2D eigenvalue weighted by molar-refractivity contribution is 5.81. The van der Waals surface area contributed by atoms with Crippen molar-refractivity contribution in [3.05, 3.63) is 0 Å². The molecule has 0 radical (unpaired) electrons. The lowest BCUT2D eigenvalue weighted by Crippen LogP contribution is -2.49. The first-order chi connectivity index (χ1) is 7.79. The van der Waals surface area contributed by atoms with Gasteiger partial charge in [-0.05, 0) is 19.4 Å². The lowest BCUT2D eigenvalue weighted by atomic mass is 10.0. The van der Waals surface area contributed by atoms with Gasteiger partial charge in [-0.2, -0.15) is 0 Å². The van der Waals surface area contributed by atoms with E-state index in [4.69, 9.17) is 10.5 Å². The fourth-order valence-corrected chi connectivity index (χ4v) is 2.09. The second-order valence-electron chi connectivity index (χ2n) is 4.06. The van der Waals surface area contributed by atoms with E-state index in [9.17, 15) is 4.79 Å². The zero-order valence-corrected chi connectivity index (χ0v) is 10.1. The fourth-order valence-electron chi connectivity index (χ4n) is 2.09. The summed E-state index contributed by atoms with van der Waals surface area (Å²) in [7, 11) is 1.69. The molecule has 1 amide bonds. The minimum Gasteiger partial charge on any atom is -0.379 e. The highest BCUT2D eigenvalue weighted by Gasteiger charge is 2.27. The highest BCUT2D eigenvalue weighted by atomic mass is 16.5. The first kappa shape index (κ1) is 13.4. The summed E-state index contributed by atoms with van der Waals surface area (Å²) in [4.78, 5) is 13.9. The number of carbonyl (C=O) groups is 1. The second kappa shape index (κ2) is 7.60. The molecule has 1 atom stereocenters. The number of carbonyl (C=O) groups excluding carboxylic acids is 1. The molecule has 1 unspecified atom stereocenters. The first-order valence-electron chi connectivity index (χ1n) is 6.03. The Labute approximate surface area is 97.3 Å². The molecule has 0 bridgehead atoms. The normalized spacial score (nSPS) is 22.0. The molecule has 94 valence electrons. The number of hydrogen-bond donors (Lipinski definition) is 2. The molecule has 0 aromatic heterocycles. The van der Waals surface area contributed by atoms with Crippen LogP contribution in [0.15, 0.2) is 0 Å². The number of nitrogens with one attached hydrogen (secondary N) is 1. The van der Waals surface area contributed by atoms with Gasteiger partial charge in [-0.15, -0.1) is 0 Å². The number of piperidine rings is 1. The van der Waals surface area contributed by atoms with Crippen LogP contribution in [0.3, 0.4) is 0 Å². The molecule has 1 heterocycles. The maximum atomic E-state index is 11.7. The zero-order chi connectivity index (χ0) is 11.8. The number of nitrogens with zero attached hydrogens (tertiary/aromatic N) is 1. The van der Waals surface area contributed by atoms with Gasteiger partial charge in [0.15, 0.2) is 0 Å². The number of rotatable bonds is 6. The van der Waals surface area contributed by atoms with Crippen molar-refractivity contribution in [2.75, 3.05) is 39.9 Å². The lowest BCUT2D eigenvalue weighted by molar-refractivity contribution is -0.127. The maximum Gasteiger partial charge on any atom is 0.237 e. The van der Waals surface area contributed by atoms with Crippen molar-refractivity contribution in [2.24, 2.45) is 5.73 Å². The maximum absolute atomic E-state index is 11.7. The number of nitrogens with two attached hydrogens (primary N) is 1. The number of amides is 1. The van der Waals surface area contributed by atoms with Crippen LogP contribution in [0.5, 0.6) is 0 Å². The van der Waals surface area contributed by atoms with Gasteiger partial charge in [-0.25, -0.2) is 0 Å². The van der Waals surface area contributed by atoms with Crippen LogP contribution in [0.2, 0.25) is 0 Å². The average molecular weight is 229 g/mol. The van der Waals surface area contributed by atoms with Crippen LogP contribution < -0.4 is 11.1 Å². The molecule has 1 fully saturated rings. The molecule has 1 saturated heterocycles. The molecule has 0 saturated carbocycles. The number of hydrogen-bond acceptors (Lipinski definition) is 4. The summed E-state index contributed by atoms with van der Waals surface area (Å²) in [5, 5.41) is 2.72. The minimum atomic E-state index is 0.0280. The van der Waals surface area contributed by atoms with Crippen molar-refractivity contribution in [3.63, 3.8) is 0 Å². The third-order valence-electron chi connectivity index (χ3n) is 2.95. The molecule has 5 nitrogen and oxygen atoms in total. The van der Waals surface area contributed by atoms with Gasteiger partial charge in [0.25, 0.3) is 0 Å². The van der Waals surface area contributed by atoms with E-state index in [0.29, 0.717) is 19.8 Å². The molecule has 1 aliphatic heterocycles. The molecule has 3 N–H and O–H groups in total. The molecular weight excluding hydrogens is 206 g/mol. The van der Waals surface area contributed by atoms with Gasteiger partial charge in [0.2, 0.25) is 5.91 Å². The SMILES string of the molecule is CNC(=O)C1CCCCN1CCOCCN. The molecule has 0 aliphatic carbocycles. The quantitative estimate of drug-likeness (QED) is 0.606. The van der Waals surface area contributed by atoms with E-state index < -0.39 is 0 Å². The Balaban J connectivity index is 2.32. The zero-order valence-electron chi connectivity index (χ0n) is 10.1. The predicted molar refractivity (Wildman–Crippen MR) is 63.2 cm³/mol. The van der Waals surface area contributed by atoms with Crippen LogP contribution in [0.25, 0.3) is 0 Å². The first-order valence-corrected chi connectivity index (χ1v) is 6.03. The van der Waals surface area contributed by atoms with Crippen molar-refractivity contribution in [1.82, 2.24) is 10.2 Å². The van der Waals surface area contributed by atoms with Gasteiger partial charge in [0.05, 0.1) is 19.3 Å². The molecule has 0 aromatic carbocycles. The summed E-state index contributed by atoms with van der Waals surface area (Å²) in [6.45, 7) is 3.62. The van der Waals surface area contributed by atoms with E-state index in [1.807, 2.05) is 0 Å². The van der Waals surface area contributed by atoms with E-state index >= 15 is 0 Å². The molecule has 0 aromatic rings. The van der Waals surface area contributed by atoms with Crippen LogP contribution >= 0.6 is 0 Å². The smallest absolute Gasteiger partial charge is 0.237 e. The Morgan fingerprint density at radius 3 is 3.00 bits per heavy atom. The molecular formula is C11H23N3O2. The third-order valence-corrected chi connectivity index (χ3v) is 2.95. The lowest BCUT2D eigenvalue weighted by Gasteiger charge is -2.34. The minimum absolute atomic E-state index is 0.0280. The van der Waals surface area contributed by atoms with Crippen molar-refractivity contribution >= 4 is 5.91 Å². The molecule has 1 rings (SSSR count). The van der Waals surface area contributed by atoms with Crippen molar-refractivity contribution in [2.45, 2.75) is 25.3 Å². The number of likely N-dealkylation sites (tertiary alicyclic amines) is 1. The van der Waals surface area contributed by atoms with Crippen LogP contribution in [0, 0.1) is 0 Å². The van der Waals surface area contributed by atoms with E-state index in [0.717, 1.165) is 25.9 Å². The largest absolute Gasteiger partial charge is 0.379 e. The molecule has 5 heteroatoms. The average Bonchev–Trinajstić information content (AvgIpc) is 2.34. The van der Waals surface area contributed by atoms with Gasteiger partial charge in [-0.3, -0.25) is 9.69 Å². The van der Waals surface area contributed by atoms with Crippen molar-refractivity contribution in [1.29, 1.82) is 0 Å².